The molecule has 0 aliphatic carbocycles. The first-order chi connectivity index (χ1) is 12.1. The Morgan fingerprint density at radius 3 is 2.84 bits per heavy atom. The Labute approximate surface area is 155 Å². The molecular weight excluding hydrogens is 363 g/mol. The smallest absolute Gasteiger partial charge is 0.280 e. The standard InChI is InChI=1S/C17H18Cl2N4O2/c18-11-8-14(19)13-2-1-5-22(16(13)9-11)17(24)15-10-23(21-20-15)12-3-6-25-7-4-12/h8-10,12H,1-7H2. The molecule has 25 heavy (non-hydrogen) atoms. The van der Waals surface area contributed by atoms with E-state index in [2.05, 4.69) is 10.3 Å². The topological polar surface area (TPSA) is 60.3 Å². The zero-order valence-corrected chi connectivity index (χ0v) is 15.1. The number of hydrogen-bond acceptors (Lipinski definition) is 4. The van der Waals surface area contributed by atoms with E-state index in [0.717, 1.165) is 36.9 Å². The first kappa shape index (κ1) is 16.8. The maximum Gasteiger partial charge on any atom is 0.280 e. The summed E-state index contributed by atoms with van der Waals surface area (Å²) in [6.07, 6.45) is 5.19. The molecule has 0 saturated carbocycles. The zero-order valence-electron chi connectivity index (χ0n) is 13.6. The predicted octanol–water partition coefficient (Wildman–Crippen LogP) is 3.53. The lowest BCUT2D eigenvalue weighted by atomic mass is 10.0. The Morgan fingerprint density at radius 2 is 2.04 bits per heavy atom. The van der Waals surface area contributed by atoms with Gasteiger partial charge in [-0.05, 0) is 43.4 Å². The maximum absolute atomic E-state index is 13.0. The van der Waals surface area contributed by atoms with Crippen LogP contribution in [0.4, 0.5) is 5.69 Å². The van der Waals surface area contributed by atoms with Crippen LogP contribution in [0, 0.1) is 0 Å². The van der Waals surface area contributed by atoms with Gasteiger partial charge in [0, 0.05) is 29.8 Å². The molecule has 1 saturated heterocycles. The summed E-state index contributed by atoms with van der Waals surface area (Å²) in [6.45, 7) is 2.04. The summed E-state index contributed by atoms with van der Waals surface area (Å²) in [7, 11) is 0. The number of hydrogen-bond donors (Lipinski definition) is 0. The van der Waals surface area contributed by atoms with Crippen LogP contribution in [0.15, 0.2) is 18.3 Å². The van der Waals surface area contributed by atoms with Crippen molar-refractivity contribution in [3.63, 3.8) is 0 Å². The third-order valence-corrected chi connectivity index (χ3v) is 5.33. The summed E-state index contributed by atoms with van der Waals surface area (Å²) in [4.78, 5) is 14.7. The number of carbonyl (C=O) groups is 1. The zero-order chi connectivity index (χ0) is 17.4. The van der Waals surface area contributed by atoms with Gasteiger partial charge in [0.2, 0.25) is 0 Å². The van der Waals surface area contributed by atoms with E-state index in [4.69, 9.17) is 27.9 Å². The normalized spacial score (nSPS) is 18.2. The molecule has 1 amide bonds. The minimum Gasteiger partial charge on any atom is -0.381 e. The van der Waals surface area contributed by atoms with Crippen molar-refractivity contribution in [2.75, 3.05) is 24.7 Å². The Kier molecular flexibility index (Phi) is 4.67. The molecule has 0 spiro atoms. The van der Waals surface area contributed by atoms with Crippen molar-refractivity contribution in [1.82, 2.24) is 15.0 Å². The van der Waals surface area contributed by atoms with Gasteiger partial charge in [-0.15, -0.1) is 5.10 Å². The van der Waals surface area contributed by atoms with E-state index in [1.54, 1.807) is 27.9 Å². The fourth-order valence-electron chi connectivity index (χ4n) is 3.46. The van der Waals surface area contributed by atoms with Crippen LogP contribution < -0.4 is 4.90 Å². The number of benzene rings is 1. The monoisotopic (exact) mass is 380 g/mol. The number of rotatable bonds is 2. The molecule has 1 aromatic carbocycles. The molecule has 2 aliphatic heterocycles. The van der Waals surface area contributed by atoms with E-state index in [0.29, 0.717) is 35.5 Å². The van der Waals surface area contributed by atoms with Gasteiger partial charge in [-0.3, -0.25) is 4.79 Å². The van der Waals surface area contributed by atoms with Crippen molar-refractivity contribution < 1.29 is 9.53 Å². The molecular formula is C17H18Cl2N4O2. The molecule has 1 aromatic heterocycles. The summed E-state index contributed by atoms with van der Waals surface area (Å²) in [5.41, 5.74) is 2.08. The summed E-state index contributed by atoms with van der Waals surface area (Å²) < 4.78 is 7.15. The molecule has 0 N–H and O–H groups in total. The number of amides is 1. The molecule has 0 bridgehead atoms. The van der Waals surface area contributed by atoms with Crippen molar-refractivity contribution in [1.29, 1.82) is 0 Å². The molecule has 6 nitrogen and oxygen atoms in total. The predicted molar refractivity (Wildman–Crippen MR) is 95.6 cm³/mol. The highest BCUT2D eigenvalue weighted by Gasteiger charge is 2.28. The van der Waals surface area contributed by atoms with E-state index >= 15 is 0 Å². The number of carbonyl (C=O) groups excluding carboxylic acids is 1. The molecule has 1 fully saturated rings. The molecule has 0 atom stereocenters. The third kappa shape index (κ3) is 3.26. The van der Waals surface area contributed by atoms with Gasteiger partial charge >= 0.3 is 0 Å². The minimum atomic E-state index is -0.169. The van der Waals surface area contributed by atoms with Gasteiger partial charge in [0.25, 0.3) is 5.91 Å². The second kappa shape index (κ2) is 6.94. The molecule has 3 heterocycles. The number of fused-ring (bicyclic) bond motifs is 1. The second-order valence-electron chi connectivity index (χ2n) is 6.37. The number of nitrogens with zero attached hydrogens (tertiary/aromatic N) is 4. The van der Waals surface area contributed by atoms with Gasteiger partial charge in [0.15, 0.2) is 5.69 Å². The van der Waals surface area contributed by atoms with Gasteiger partial charge in [0.1, 0.15) is 0 Å². The lowest BCUT2D eigenvalue weighted by molar-refractivity contribution is 0.0657. The van der Waals surface area contributed by atoms with Crippen LogP contribution in [-0.4, -0.2) is 40.7 Å². The summed E-state index contributed by atoms with van der Waals surface area (Å²) in [5.74, 6) is -0.169. The molecule has 2 aromatic rings. The number of aromatic nitrogens is 3. The summed E-state index contributed by atoms with van der Waals surface area (Å²) in [6, 6.07) is 3.75. The molecule has 8 heteroatoms. The van der Waals surface area contributed by atoms with Gasteiger partial charge in [0.05, 0.1) is 17.9 Å². The number of ether oxygens (including phenoxy) is 1. The van der Waals surface area contributed by atoms with Crippen LogP contribution in [-0.2, 0) is 11.2 Å². The maximum atomic E-state index is 13.0. The van der Waals surface area contributed by atoms with Crippen LogP contribution >= 0.6 is 23.2 Å². The van der Waals surface area contributed by atoms with Crippen LogP contribution in [0.2, 0.25) is 10.0 Å². The SMILES string of the molecule is O=C(c1cn(C2CCOCC2)nn1)N1CCCc2c(Cl)cc(Cl)cc21. The quantitative estimate of drug-likeness (QED) is 0.799. The van der Waals surface area contributed by atoms with Crippen LogP contribution in [0.25, 0.3) is 0 Å². The Balaban J connectivity index is 1.61. The Morgan fingerprint density at radius 1 is 1.24 bits per heavy atom. The first-order valence-corrected chi connectivity index (χ1v) is 9.18. The van der Waals surface area contributed by atoms with Crippen LogP contribution in [0.3, 0.4) is 0 Å². The van der Waals surface area contributed by atoms with Crippen LogP contribution in [0.1, 0.15) is 41.4 Å². The van der Waals surface area contributed by atoms with Gasteiger partial charge < -0.3 is 9.64 Å². The van der Waals surface area contributed by atoms with Crippen LogP contribution in [0.5, 0.6) is 0 Å². The highest BCUT2D eigenvalue weighted by molar-refractivity contribution is 6.36. The minimum absolute atomic E-state index is 0.169. The van der Waals surface area contributed by atoms with E-state index in [1.165, 1.54) is 0 Å². The Bertz CT molecular complexity index is 802. The van der Waals surface area contributed by atoms with E-state index in [1.807, 2.05) is 0 Å². The average molecular weight is 381 g/mol. The molecule has 0 radical (unpaired) electrons. The summed E-state index contributed by atoms with van der Waals surface area (Å²) >= 11 is 12.4. The van der Waals surface area contributed by atoms with Crippen molar-refractivity contribution in [2.24, 2.45) is 0 Å². The van der Waals surface area contributed by atoms with Gasteiger partial charge in [-0.1, -0.05) is 28.4 Å². The van der Waals surface area contributed by atoms with E-state index < -0.39 is 0 Å². The average Bonchev–Trinajstić information content (AvgIpc) is 3.11. The fraction of sp³-hybridized carbons (Fsp3) is 0.471. The molecule has 2 aliphatic rings. The molecule has 0 unspecified atom stereocenters. The lowest BCUT2D eigenvalue weighted by Gasteiger charge is -2.29. The Hall–Kier alpha value is -1.63. The van der Waals surface area contributed by atoms with Gasteiger partial charge in [-0.2, -0.15) is 0 Å². The van der Waals surface area contributed by atoms with E-state index in [9.17, 15) is 4.79 Å². The van der Waals surface area contributed by atoms with Crippen molar-refractivity contribution >= 4 is 34.8 Å². The largest absolute Gasteiger partial charge is 0.381 e. The molecule has 4 rings (SSSR count). The number of halogens is 2. The van der Waals surface area contributed by atoms with Crippen molar-refractivity contribution in [2.45, 2.75) is 31.7 Å². The van der Waals surface area contributed by atoms with Gasteiger partial charge in [-0.25, -0.2) is 4.68 Å². The first-order valence-electron chi connectivity index (χ1n) is 8.43. The lowest BCUT2D eigenvalue weighted by Crippen LogP contribution is -2.35. The second-order valence-corrected chi connectivity index (χ2v) is 7.22. The summed E-state index contributed by atoms with van der Waals surface area (Å²) in [5, 5.41) is 9.38. The molecule has 132 valence electrons. The van der Waals surface area contributed by atoms with Crippen molar-refractivity contribution in [3.8, 4) is 0 Å². The highest BCUT2D eigenvalue weighted by Crippen LogP contribution is 2.36. The number of anilines is 1. The van der Waals surface area contributed by atoms with E-state index in [-0.39, 0.29) is 11.9 Å². The fourth-order valence-corrected chi connectivity index (χ4v) is 4.04. The van der Waals surface area contributed by atoms with Crippen molar-refractivity contribution in [3.05, 3.63) is 39.6 Å². The third-order valence-electron chi connectivity index (χ3n) is 4.78. The highest BCUT2D eigenvalue weighted by atomic mass is 35.5.